The van der Waals surface area contributed by atoms with Gasteiger partial charge in [-0.2, -0.15) is 4.31 Å². The van der Waals surface area contributed by atoms with Crippen molar-refractivity contribution < 1.29 is 27.1 Å². The lowest BCUT2D eigenvalue weighted by Crippen LogP contribution is -2.36. The van der Waals surface area contributed by atoms with E-state index in [1.54, 1.807) is 5.38 Å². The Balaban J connectivity index is 1.38. The predicted molar refractivity (Wildman–Crippen MR) is 125 cm³/mol. The van der Waals surface area contributed by atoms with E-state index in [1.807, 2.05) is 30.3 Å². The lowest BCUT2D eigenvalue weighted by atomic mass is 10.2. The van der Waals surface area contributed by atoms with Crippen LogP contribution in [0, 0.1) is 5.82 Å². The van der Waals surface area contributed by atoms with E-state index in [2.05, 4.69) is 10.3 Å². The van der Waals surface area contributed by atoms with E-state index in [1.165, 1.54) is 15.6 Å². The monoisotopic (exact) mass is 503 g/mol. The summed E-state index contributed by atoms with van der Waals surface area (Å²) in [4.78, 5) is 28.4. The topological polar surface area (TPSA) is 106 Å². The Kier molecular flexibility index (Phi) is 7.35. The fourth-order valence-electron chi connectivity index (χ4n) is 3.51. The highest BCUT2D eigenvalue weighted by Crippen LogP contribution is 2.25. The molecule has 2 heterocycles. The summed E-state index contributed by atoms with van der Waals surface area (Å²) in [6.45, 7) is 0.00336. The van der Waals surface area contributed by atoms with Gasteiger partial charge in [0.15, 0.2) is 11.7 Å². The molecule has 34 heavy (non-hydrogen) atoms. The van der Waals surface area contributed by atoms with Gasteiger partial charge in [0, 0.05) is 24.0 Å². The van der Waals surface area contributed by atoms with Gasteiger partial charge in [-0.3, -0.25) is 10.1 Å². The van der Waals surface area contributed by atoms with Gasteiger partial charge in [-0.1, -0.05) is 36.8 Å². The normalized spacial score (nSPS) is 14.5. The second kappa shape index (κ2) is 10.4. The van der Waals surface area contributed by atoms with E-state index in [0.717, 1.165) is 30.2 Å². The summed E-state index contributed by atoms with van der Waals surface area (Å²) in [6.07, 6.45) is 2.31. The van der Waals surface area contributed by atoms with Crippen molar-refractivity contribution in [1.82, 2.24) is 9.29 Å². The summed E-state index contributed by atoms with van der Waals surface area (Å²) in [5.41, 5.74) is 1.44. The fraction of sp³-hybridized carbons (Fsp3) is 0.261. The minimum Gasteiger partial charge on any atom is -0.452 e. The molecule has 0 radical (unpaired) electrons. The van der Waals surface area contributed by atoms with Crippen LogP contribution < -0.4 is 5.32 Å². The molecular weight excluding hydrogens is 481 g/mol. The van der Waals surface area contributed by atoms with E-state index < -0.39 is 39.2 Å². The molecule has 1 aliphatic rings. The quantitative estimate of drug-likeness (QED) is 0.490. The molecule has 0 spiro atoms. The lowest BCUT2D eigenvalue weighted by Gasteiger charge is -2.26. The van der Waals surface area contributed by atoms with Crippen molar-refractivity contribution in [1.29, 1.82) is 0 Å². The molecule has 0 saturated carbocycles. The van der Waals surface area contributed by atoms with Crippen molar-refractivity contribution >= 4 is 38.4 Å². The zero-order chi connectivity index (χ0) is 24.1. The van der Waals surface area contributed by atoms with Gasteiger partial charge in [-0.05, 0) is 31.0 Å². The molecule has 1 fully saturated rings. The number of anilines is 1. The maximum absolute atomic E-state index is 14.3. The predicted octanol–water partition coefficient (Wildman–Crippen LogP) is 3.92. The molecule has 8 nitrogen and oxygen atoms in total. The first-order chi connectivity index (χ1) is 16.3. The number of esters is 1. The Morgan fingerprint density at radius 1 is 1.09 bits per heavy atom. The highest BCUT2D eigenvalue weighted by Gasteiger charge is 2.29. The molecule has 1 N–H and O–H groups in total. The Morgan fingerprint density at radius 2 is 1.82 bits per heavy atom. The Hall–Kier alpha value is -3.15. The van der Waals surface area contributed by atoms with Crippen LogP contribution in [-0.2, 0) is 19.6 Å². The largest absolute Gasteiger partial charge is 0.452 e. The fourth-order valence-corrected chi connectivity index (χ4v) is 5.86. The SMILES string of the molecule is O=C(COC(=O)c1ccc(F)c(S(=O)(=O)N2CCCCC2)c1)Nc1nc(-c2ccccc2)cs1. The van der Waals surface area contributed by atoms with Crippen molar-refractivity contribution in [2.24, 2.45) is 0 Å². The summed E-state index contributed by atoms with van der Waals surface area (Å²) in [7, 11) is -4.08. The second-order valence-corrected chi connectivity index (χ2v) is 10.4. The van der Waals surface area contributed by atoms with Gasteiger partial charge < -0.3 is 4.74 Å². The third-order valence-electron chi connectivity index (χ3n) is 5.25. The van der Waals surface area contributed by atoms with Crippen LogP contribution in [0.5, 0.6) is 0 Å². The highest BCUT2D eigenvalue weighted by molar-refractivity contribution is 7.89. The number of piperidine rings is 1. The van der Waals surface area contributed by atoms with Gasteiger partial charge in [0.1, 0.15) is 10.7 Å². The third-order valence-corrected chi connectivity index (χ3v) is 7.93. The number of amides is 1. The highest BCUT2D eigenvalue weighted by atomic mass is 32.2. The smallest absolute Gasteiger partial charge is 0.338 e. The van der Waals surface area contributed by atoms with E-state index in [9.17, 15) is 22.4 Å². The minimum absolute atomic E-state index is 0.162. The van der Waals surface area contributed by atoms with Gasteiger partial charge in [0.25, 0.3) is 5.91 Å². The number of hydrogen-bond donors (Lipinski definition) is 1. The van der Waals surface area contributed by atoms with Crippen LogP contribution in [0.2, 0.25) is 0 Å². The zero-order valence-corrected chi connectivity index (χ0v) is 19.7. The molecule has 1 aliphatic heterocycles. The molecule has 0 bridgehead atoms. The summed E-state index contributed by atoms with van der Waals surface area (Å²) >= 11 is 1.23. The third kappa shape index (κ3) is 5.49. The van der Waals surface area contributed by atoms with Crippen LogP contribution in [-0.4, -0.2) is 49.3 Å². The van der Waals surface area contributed by atoms with Crippen LogP contribution in [0.25, 0.3) is 11.3 Å². The second-order valence-electron chi connectivity index (χ2n) is 7.64. The standard InChI is InChI=1S/C23H22FN3O5S2/c24-18-10-9-17(13-20(18)34(30,31)27-11-5-2-6-12-27)22(29)32-14-21(28)26-23-25-19(15-33-23)16-7-3-1-4-8-16/h1,3-4,7-10,13,15H,2,5-6,11-12,14H2,(H,25,26,28). The maximum atomic E-state index is 14.3. The van der Waals surface area contributed by atoms with Crippen molar-refractivity contribution in [3.05, 3.63) is 65.3 Å². The number of aromatic nitrogens is 1. The molecular formula is C23H22FN3O5S2. The average Bonchev–Trinajstić information content (AvgIpc) is 3.32. The first-order valence-electron chi connectivity index (χ1n) is 10.6. The molecule has 4 rings (SSSR count). The number of nitrogens with zero attached hydrogens (tertiary/aromatic N) is 2. The number of sulfonamides is 1. The summed E-state index contributed by atoms with van der Waals surface area (Å²) in [6, 6.07) is 12.4. The number of halogens is 1. The van der Waals surface area contributed by atoms with Crippen molar-refractivity contribution in [3.63, 3.8) is 0 Å². The molecule has 2 aromatic carbocycles. The minimum atomic E-state index is -4.08. The first-order valence-corrected chi connectivity index (χ1v) is 12.9. The zero-order valence-electron chi connectivity index (χ0n) is 18.1. The molecule has 0 atom stereocenters. The summed E-state index contributed by atoms with van der Waals surface area (Å²) in [5.74, 6) is -2.49. The van der Waals surface area contributed by atoms with Gasteiger partial charge in [-0.25, -0.2) is 22.6 Å². The number of benzene rings is 2. The number of ether oxygens (including phenoxy) is 1. The number of carbonyl (C=O) groups is 2. The number of rotatable bonds is 7. The van der Waals surface area contributed by atoms with Crippen LogP contribution in [0.1, 0.15) is 29.6 Å². The number of hydrogen-bond acceptors (Lipinski definition) is 7. The van der Waals surface area contributed by atoms with Crippen LogP contribution in [0.3, 0.4) is 0 Å². The lowest BCUT2D eigenvalue weighted by molar-refractivity contribution is -0.119. The average molecular weight is 504 g/mol. The molecule has 1 aromatic heterocycles. The van der Waals surface area contributed by atoms with Crippen molar-refractivity contribution in [2.75, 3.05) is 25.0 Å². The molecule has 1 saturated heterocycles. The van der Waals surface area contributed by atoms with Gasteiger partial charge in [0.2, 0.25) is 10.0 Å². The summed E-state index contributed by atoms with van der Waals surface area (Å²) < 4.78 is 46.2. The summed E-state index contributed by atoms with van der Waals surface area (Å²) in [5, 5.41) is 4.69. The number of thiazole rings is 1. The molecule has 178 valence electrons. The molecule has 0 aliphatic carbocycles. The van der Waals surface area contributed by atoms with Crippen LogP contribution in [0.4, 0.5) is 9.52 Å². The van der Waals surface area contributed by atoms with E-state index in [4.69, 9.17) is 4.74 Å². The van der Waals surface area contributed by atoms with Gasteiger partial charge >= 0.3 is 5.97 Å². The van der Waals surface area contributed by atoms with Gasteiger partial charge in [0.05, 0.1) is 11.3 Å². The van der Waals surface area contributed by atoms with Crippen LogP contribution in [0.15, 0.2) is 58.8 Å². The number of carbonyl (C=O) groups excluding carboxylic acids is 2. The van der Waals surface area contributed by atoms with Crippen LogP contribution >= 0.6 is 11.3 Å². The molecule has 0 unspecified atom stereocenters. The van der Waals surface area contributed by atoms with Crippen molar-refractivity contribution in [2.45, 2.75) is 24.2 Å². The maximum Gasteiger partial charge on any atom is 0.338 e. The molecule has 3 aromatic rings. The number of nitrogens with one attached hydrogen (secondary N) is 1. The van der Waals surface area contributed by atoms with Gasteiger partial charge in [-0.15, -0.1) is 11.3 Å². The van der Waals surface area contributed by atoms with E-state index in [0.29, 0.717) is 36.8 Å². The Morgan fingerprint density at radius 3 is 2.56 bits per heavy atom. The first kappa shape index (κ1) is 24.0. The molecule has 11 heteroatoms. The van der Waals surface area contributed by atoms with E-state index >= 15 is 0 Å². The van der Waals surface area contributed by atoms with Crippen molar-refractivity contribution in [3.8, 4) is 11.3 Å². The Labute approximate surface area is 200 Å². The molecule has 1 amide bonds. The van der Waals surface area contributed by atoms with E-state index in [-0.39, 0.29) is 5.56 Å². The Bertz CT molecular complexity index is 1290.